The first-order chi connectivity index (χ1) is 16.0. The van der Waals surface area contributed by atoms with Gasteiger partial charge in [0.25, 0.3) is 0 Å². The Morgan fingerprint density at radius 1 is 0.848 bits per heavy atom. The van der Waals surface area contributed by atoms with Crippen LogP contribution in [-0.4, -0.2) is 28.5 Å². The van der Waals surface area contributed by atoms with E-state index in [-0.39, 0.29) is 52.2 Å². The van der Waals surface area contributed by atoms with Crippen LogP contribution in [0.2, 0.25) is 5.02 Å². The number of hydrogen-bond donors (Lipinski definition) is 0. The fraction of sp³-hybridized carbons (Fsp3) is 0.0741. The van der Waals surface area contributed by atoms with Crippen molar-refractivity contribution in [1.29, 1.82) is 0 Å². The molecule has 5 rings (SSSR count). The molecule has 0 N–H and O–H groups in total. The molecule has 0 amide bonds. The minimum atomic E-state index is -0.386. The van der Waals surface area contributed by atoms with Gasteiger partial charge in [-0.1, -0.05) is 66.2 Å². The molecule has 0 aliphatic heterocycles. The highest BCUT2D eigenvalue weighted by atomic mass is 35.5. The molecule has 1 aliphatic rings. The van der Waals surface area contributed by atoms with Crippen molar-refractivity contribution in [3.63, 3.8) is 0 Å². The minimum Gasteiger partial charge on any atom is -0.478 e. The Labute approximate surface area is 195 Å². The van der Waals surface area contributed by atoms with Crippen LogP contribution in [0.1, 0.15) is 54.8 Å². The lowest BCUT2D eigenvalue weighted by molar-refractivity contribution is 0.0970. The Hall–Kier alpha value is -3.96. The first-order valence-corrected chi connectivity index (χ1v) is 10.9. The molecule has 4 aromatic rings. The van der Waals surface area contributed by atoms with Crippen LogP contribution in [-0.2, 0) is 0 Å². The number of rotatable bonds is 5. The maximum Gasteiger partial charge on any atom is 0.211 e. The van der Waals surface area contributed by atoms with Gasteiger partial charge in [0, 0.05) is 27.4 Å². The van der Waals surface area contributed by atoms with E-state index in [0.717, 1.165) is 0 Å². The molecule has 1 aromatic heterocycles. The molecular weight excluding hydrogens is 438 g/mol. The summed E-state index contributed by atoms with van der Waals surface area (Å²) in [5.74, 6) is -0.951. The SMILES string of the molecule is CCOc1c(C(=O)c2ccccc2)c2c(n1-c1ccc(Cl)cc1)C(=O)c1ccccc1C2=O. The highest BCUT2D eigenvalue weighted by Crippen LogP contribution is 2.40. The molecule has 6 heteroatoms. The van der Waals surface area contributed by atoms with Crippen molar-refractivity contribution < 1.29 is 19.1 Å². The van der Waals surface area contributed by atoms with Crippen LogP contribution in [0, 0.1) is 0 Å². The maximum absolute atomic E-state index is 13.7. The molecule has 1 heterocycles. The summed E-state index contributed by atoms with van der Waals surface area (Å²) in [7, 11) is 0. The van der Waals surface area contributed by atoms with E-state index in [0.29, 0.717) is 21.8 Å². The third kappa shape index (κ3) is 3.29. The number of halogens is 1. The number of ether oxygens (including phenoxy) is 1. The summed E-state index contributed by atoms with van der Waals surface area (Å²) >= 11 is 6.08. The third-order valence-corrected chi connectivity index (χ3v) is 5.87. The number of aromatic nitrogens is 1. The summed E-state index contributed by atoms with van der Waals surface area (Å²) in [6, 6.07) is 22.1. The van der Waals surface area contributed by atoms with Crippen molar-refractivity contribution in [1.82, 2.24) is 4.57 Å². The lowest BCUT2D eigenvalue weighted by Gasteiger charge is -2.17. The second kappa shape index (κ2) is 8.19. The molecule has 0 unspecified atom stereocenters. The van der Waals surface area contributed by atoms with E-state index in [2.05, 4.69) is 0 Å². The molecule has 0 saturated carbocycles. The van der Waals surface area contributed by atoms with Gasteiger partial charge in [-0.3, -0.25) is 19.0 Å². The molecule has 0 saturated heterocycles. The third-order valence-electron chi connectivity index (χ3n) is 5.61. The normalized spacial score (nSPS) is 12.3. The average molecular weight is 456 g/mol. The highest BCUT2D eigenvalue weighted by molar-refractivity contribution is 6.33. The molecule has 33 heavy (non-hydrogen) atoms. The molecule has 0 radical (unpaired) electrons. The Morgan fingerprint density at radius 2 is 1.45 bits per heavy atom. The van der Waals surface area contributed by atoms with Gasteiger partial charge in [-0.15, -0.1) is 0 Å². The second-order valence-corrected chi connectivity index (χ2v) is 7.98. The van der Waals surface area contributed by atoms with Crippen molar-refractivity contribution in [3.05, 3.63) is 117 Å². The molecule has 0 atom stereocenters. The molecule has 0 bridgehead atoms. The molecule has 3 aromatic carbocycles. The van der Waals surface area contributed by atoms with Gasteiger partial charge in [0.15, 0.2) is 11.6 Å². The predicted octanol–water partition coefficient (Wildman–Crippen LogP) is 5.54. The zero-order valence-electron chi connectivity index (χ0n) is 17.7. The largest absolute Gasteiger partial charge is 0.478 e. The smallest absolute Gasteiger partial charge is 0.211 e. The Bertz CT molecular complexity index is 1420. The quantitative estimate of drug-likeness (QED) is 0.326. The van der Waals surface area contributed by atoms with Crippen molar-refractivity contribution in [3.8, 4) is 11.6 Å². The molecule has 1 aliphatic carbocycles. The summed E-state index contributed by atoms with van der Waals surface area (Å²) in [4.78, 5) is 41.0. The van der Waals surface area contributed by atoms with Crippen LogP contribution in [0.5, 0.6) is 5.88 Å². The van der Waals surface area contributed by atoms with E-state index in [9.17, 15) is 14.4 Å². The fourth-order valence-electron chi connectivity index (χ4n) is 4.18. The number of carbonyl (C=O) groups excluding carboxylic acids is 3. The van der Waals surface area contributed by atoms with Crippen LogP contribution < -0.4 is 4.74 Å². The zero-order chi connectivity index (χ0) is 23.1. The Kier molecular flexibility index (Phi) is 5.19. The second-order valence-electron chi connectivity index (χ2n) is 7.55. The Balaban J connectivity index is 1.88. The standard InChI is InChI=1S/C27H18ClNO4/c1-2-33-27-22(24(30)16-8-4-3-5-9-16)21-23(29(27)18-14-12-17(28)13-15-18)26(32)20-11-7-6-10-19(20)25(21)31/h3-15H,2H2,1H3. The molecule has 162 valence electrons. The Morgan fingerprint density at radius 3 is 2.09 bits per heavy atom. The maximum atomic E-state index is 13.7. The van der Waals surface area contributed by atoms with E-state index in [1.165, 1.54) is 0 Å². The summed E-state index contributed by atoms with van der Waals surface area (Å²) in [5.41, 5.74) is 1.79. The van der Waals surface area contributed by atoms with Crippen molar-refractivity contribution >= 4 is 29.0 Å². The lowest BCUT2D eigenvalue weighted by atomic mass is 9.85. The summed E-state index contributed by atoms with van der Waals surface area (Å²) in [6.07, 6.45) is 0. The first-order valence-electron chi connectivity index (χ1n) is 10.5. The minimum absolute atomic E-state index is 0.0611. The van der Waals surface area contributed by atoms with Gasteiger partial charge in [-0.25, -0.2) is 0 Å². The lowest BCUT2D eigenvalue weighted by Crippen LogP contribution is -2.23. The fourth-order valence-corrected chi connectivity index (χ4v) is 4.31. The summed E-state index contributed by atoms with van der Waals surface area (Å²) in [6.45, 7) is 2.02. The monoisotopic (exact) mass is 455 g/mol. The molecular formula is C27H18ClNO4. The van der Waals surface area contributed by atoms with Crippen LogP contribution >= 0.6 is 11.6 Å². The van der Waals surface area contributed by atoms with Gasteiger partial charge >= 0.3 is 0 Å². The van der Waals surface area contributed by atoms with E-state index in [4.69, 9.17) is 16.3 Å². The van der Waals surface area contributed by atoms with Crippen molar-refractivity contribution in [2.75, 3.05) is 6.61 Å². The number of nitrogens with zero attached hydrogens (tertiary/aromatic N) is 1. The number of fused-ring (bicyclic) bond motifs is 2. The van der Waals surface area contributed by atoms with Crippen molar-refractivity contribution in [2.24, 2.45) is 0 Å². The van der Waals surface area contributed by atoms with E-state index < -0.39 is 0 Å². The highest BCUT2D eigenvalue weighted by Gasteiger charge is 2.41. The molecule has 0 fully saturated rings. The van der Waals surface area contributed by atoms with Gasteiger partial charge in [0.2, 0.25) is 11.7 Å². The number of ketones is 3. The van der Waals surface area contributed by atoms with Crippen LogP contribution in [0.15, 0.2) is 78.9 Å². The van der Waals surface area contributed by atoms with E-state index >= 15 is 0 Å². The van der Waals surface area contributed by atoms with Gasteiger partial charge in [0.05, 0.1) is 17.7 Å². The molecule has 0 spiro atoms. The van der Waals surface area contributed by atoms with Crippen molar-refractivity contribution in [2.45, 2.75) is 6.92 Å². The summed E-state index contributed by atoms with van der Waals surface area (Å²) in [5, 5.41) is 0.520. The van der Waals surface area contributed by atoms with Crippen LogP contribution in [0.3, 0.4) is 0 Å². The van der Waals surface area contributed by atoms with Gasteiger partial charge < -0.3 is 4.74 Å². The number of benzene rings is 3. The number of hydrogen-bond acceptors (Lipinski definition) is 4. The van der Waals surface area contributed by atoms with Gasteiger partial charge in [0.1, 0.15) is 5.69 Å². The summed E-state index contributed by atoms with van der Waals surface area (Å²) < 4.78 is 7.51. The average Bonchev–Trinajstić information content (AvgIpc) is 3.18. The van der Waals surface area contributed by atoms with E-state index in [1.807, 2.05) is 0 Å². The molecule has 5 nitrogen and oxygen atoms in total. The van der Waals surface area contributed by atoms with Gasteiger partial charge in [-0.05, 0) is 31.2 Å². The first kappa shape index (κ1) is 20.9. The van der Waals surface area contributed by atoms with E-state index in [1.54, 1.807) is 90.4 Å². The van der Waals surface area contributed by atoms with Crippen LogP contribution in [0.4, 0.5) is 0 Å². The van der Waals surface area contributed by atoms with Crippen LogP contribution in [0.25, 0.3) is 5.69 Å². The predicted molar refractivity (Wildman–Crippen MR) is 125 cm³/mol. The van der Waals surface area contributed by atoms with Gasteiger partial charge in [-0.2, -0.15) is 0 Å². The number of carbonyl (C=O) groups is 3. The zero-order valence-corrected chi connectivity index (χ0v) is 18.4. The topological polar surface area (TPSA) is 65.4 Å².